The first-order valence-electron chi connectivity index (χ1n) is 6.02. The maximum Gasteiger partial charge on any atom is 0.0198 e. The van der Waals surface area contributed by atoms with Crippen LogP contribution in [0.15, 0.2) is 0 Å². The summed E-state index contributed by atoms with van der Waals surface area (Å²) in [5, 5.41) is 0. The average Bonchev–Trinajstić information content (AvgIpc) is 2.29. The van der Waals surface area contributed by atoms with Gasteiger partial charge in [0.1, 0.15) is 0 Å². The van der Waals surface area contributed by atoms with Crippen LogP contribution in [0.5, 0.6) is 0 Å². The summed E-state index contributed by atoms with van der Waals surface area (Å²) in [6, 6.07) is 0. The monoisotopic (exact) mass is 210 g/mol. The number of hydrogen-bond donors (Lipinski definition) is 0. The number of hydrogen-bond acceptors (Lipinski definition) is 0. The average molecular weight is 210 g/mol. The largest absolute Gasteiger partial charge is 0.103 e. The first kappa shape index (κ1) is 12.7. The lowest BCUT2D eigenvalue weighted by Gasteiger charge is -1.94. The zero-order chi connectivity index (χ0) is 11.3. The van der Waals surface area contributed by atoms with Crippen molar-refractivity contribution in [3.8, 4) is 35.5 Å². The summed E-state index contributed by atoms with van der Waals surface area (Å²) in [4.78, 5) is 0. The van der Waals surface area contributed by atoms with Crippen LogP contribution in [0.2, 0.25) is 0 Å². The van der Waals surface area contributed by atoms with Crippen LogP contribution < -0.4 is 0 Å². The van der Waals surface area contributed by atoms with Gasteiger partial charge in [-0.15, -0.1) is 35.5 Å². The van der Waals surface area contributed by atoms with Crippen LogP contribution in [0.4, 0.5) is 0 Å². The third-order valence-corrected chi connectivity index (χ3v) is 2.16. The minimum Gasteiger partial charge on any atom is -0.103 e. The van der Waals surface area contributed by atoms with Gasteiger partial charge in [-0.25, -0.2) is 0 Å². The first-order chi connectivity index (χ1) is 8.00. The maximum absolute atomic E-state index is 3.17. The van der Waals surface area contributed by atoms with E-state index < -0.39 is 0 Å². The molecule has 0 aromatic rings. The molecule has 0 unspecified atom stereocenters. The topological polar surface area (TPSA) is 0 Å². The molecule has 0 bridgehead atoms. The van der Waals surface area contributed by atoms with Crippen LogP contribution in [0.25, 0.3) is 0 Å². The van der Waals surface area contributed by atoms with Crippen LogP contribution in [0.1, 0.15) is 51.4 Å². The molecule has 1 rings (SSSR count). The SMILES string of the molecule is C1#CCCC#CCC[CH][CH]CCC#CCC1. The van der Waals surface area contributed by atoms with Gasteiger partial charge in [0.25, 0.3) is 0 Å². The van der Waals surface area contributed by atoms with Crippen LogP contribution in [-0.2, 0) is 0 Å². The van der Waals surface area contributed by atoms with E-state index >= 15 is 0 Å². The van der Waals surface area contributed by atoms with E-state index in [1.165, 1.54) is 0 Å². The quantitative estimate of drug-likeness (QED) is 0.536. The van der Waals surface area contributed by atoms with Gasteiger partial charge in [-0.1, -0.05) is 0 Å². The minimum absolute atomic E-state index is 0.899. The smallest absolute Gasteiger partial charge is 0.0198 e. The predicted molar refractivity (Wildman–Crippen MR) is 68.9 cm³/mol. The molecular formula is C16H18. The molecule has 0 saturated heterocycles. The van der Waals surface area contributed by atoms with Gasteiger partial charge in [-0.3, -0.25) is 0 Å². The van der Waals surface area contributed by atoms with Gasteiger partial charge in [0.2, 0.25) is 0 Å². The fourth-order valence-corrected chi connectivity index (χ4v) is 1.33. The lowest BCUT2D eigenvalue weighted by molar-refractivity contribution is 0.924. The van der Waals surface area contributed by atoms with E-state index in [1.807, 2.05) is 0 Å². The van der Waals surface area contributed by atoms with E-state index in [9.17, 15) is 0 Å². The Balaban J connectivity index is 2.30. The van der Waals surface area contributed by atoms with E-state index in [4.69, 9.17) is 0 Å². The lowest BCUT2D eigenvalue weighted by atomic mass is 10.1. The molecular weight excluding hydrogens is 192 g/mol. The highest BCUT2D eigenvalue weighted by Gasteiger charge is 1.88. The molecule has 0 aromatic heterocycles. The summed E-state index contributed by atoms with van der Waals surface area (Å²) < 4.78 is 0. The standard InChI is InChI=1S/C16H18/c1-2-4-6-8-10-12-14-16-15-13-11-9-7-5-3-1/h1-2H,3-6,11-14H2. The Hall–Kier alpha value is -1.32. The molecule has 0 saturated carbocycles. The van der Waals surface area contributed by atoms with Crippen molar-refractivity contribution in [3.63, 3.8) is 0 Å². The van der Waals surface area contributed by atoms with Crippen molar-refractivity contribution in [1.82, 2.24) is 0 Å². The normalized spacial score (nSPS) is 18.0. The minimum atomic E-state index is 0.899. The third-order valence-electron chi connectivity index (χ3n) is 2.16. The number of rotatable bonds is 0. The van der Waals surface area contributed by atoms with Crippen molar-refractivity contribution in [2.24, 2.45) is 0 Å². The molecule has 0 heterocycles. The fourth-order valence-electron chi connectivity index (χ4n) is 1.33. The summed E-state index contributed by atoms with van der Waals surface area (Å²) in [7, 11) is 0. The second-order valence-corrected chi connectivity index (χ2v) is 3.61. The molecule has 0 atom stereocenters. The zero-order valence-electron chi connectivity index (χ0n) is 9.81. The first-order valence-corrected chi connectivity index (χ1v) is 6.02. The van der Waals surface area contributed by atoms with Gasteiger partial charge in [-0.05, 0) is 25.7 Å². The Labute approximate surface area is 100 Å². The molecule has 0 spiro atoms. The zero-order valence-corrected chi connectivity index (χ0v) is 9.81. The molecule has 0 amide bonds. The van der Waals surface area contributed by atoms with E-state index in [1.54, 1.807) is 0 Å². The summed E-state index contributed by atoms with van der Waals surface area (Å²) in [5.41, 5.74) is 0. The molecule has 16 heavy (non-hydrogen) atoms. The molecule has 82 valence electrons. The van der Waals surface area contributed by atoms with E-state index in [0.717, 1.165) is 51.4 Å². The van der Waals surface area contributed by atoms with Gasteiger partial charge in [0.15, 0.2) is 0 Å². The van der Waals surface area contributed by atoms with E-state index in [-0.39, 0.29) is 0 Å². The third kappa shape index (κ3) is 8.03. The lowest BCUT2D eigenvalue weighted by Crippen LogP contribution is -1.80. The van der Waals surface area contributed by atoms with Crippen LogP contribution in [0.3, 0.4) is 0 Å². The van der Waals surface area contributed by atoms with Crippen LogP contribution in [-0.4, -0.2) is 0 Å². The summed E-state index contributed by atoms with van der Waals surface area (Å²) in [6.45, 7) is 0. The van der Waals surface area contributed by atoms with E-state index in [0.29, 0.717) is 0 Å². The Morgan fingerprint density at radius 2 is 0.750 bits per heavy atom. The summed E-state index contributed by atoms with van der Waals surface area (Å²) in [6.07, 6.45) is 12.1. The molecule has 0 aliphatic heterocycles. The molecule has 1 aliphatic rings. The molecule has 0 N–H and O–H groups in total. The van der Waals surface area contributed by atoms with Gasteiger partial charge >= 0.3 is 0 Å². The fraction of sp³-hybridized carbons (Fsp3) is 0.500. The molecule has 0 nitrogen and oxygen atoms in total. The second kappa shape index (κ2) is 10.2. The van der Waals surface area contributed by atoms with Crippen molar-refractivity contribution in [1.29, 1.82) is 0 Å². The van der Waals surface area contributed by atoms with Gasteiger partial charge in [0, 0.05) is 38.5 Å². The van der Waals surface area contributed by atoms with Crippen LogP contribution >= 0.6 is 0 Å². The highest BCUT2D eigenvalue weighted by molar-refractivity contribution is 5.09. The summed E-state index contributed by atoms with van der Waals surface area (Å²) >= 11 is 0. The second-order valence-electron chi connectivity index (χ2n) is 3.61. The van der Waals surface area contributed by atoms with Crippen molar-refractivity contribution in [3.05, 3.63) is 12.8 Å². The molecule has 1 aliphatic carbocycles. The Morgan fingerprint density at radius 3 is 1.12 bits per heavy atom. The maximum atomic E-state index is 3.17. The summed E-state index contributed by atoms with van der Waals surface area (Å²) in [5.74, 6) is 18.9. The highest BCUT2D eigenvalue weighted by atomic mass is 13.9. The Morgan fingerprint density at radius 1 is 0.438 bits per heavy atom. The van der Waals surface area contributed by atoms with E-state index in [2.05, 4.69) is 48.4 Å². The van der Waals surface area contributed by atoms with Gasteiger partial charge < -0.3 is 0 Å². The predicted octanol–water partition coefficient (Wildman–Crippen LogP) is 3.54. The molecule has 0 fully saturated rings. The van der Waals surface area contributed by atoms with Crippen molar-refractivity contribution in [2.75, 3.05) is 0 Å². The molecule has 0 aromatic carbocycles. The Bertz CT molecular complexity index is 309. The van der Waals surface area contributed by atoms with Crippen LogP contribution in [0, 0.1) is 48.4 Å². The molecule has 2 radical (unpaired) electrons. The highest BCUT2D eigenvalue weighted by Crippen LogP contribution is 2.02. The van der Waals surface area contributed by atoms with Crippen molar-refractivity contribution >= 4 is 0 Å². The van der Waals surface area contributed by atoms with Gasteiger partial charge in [0.05, 0.1) is 0 Å². The van der Waals surface area contributed by atoms with Gasteiger partial charge in [-0.2, -0.15) is 0 Å². The van der Waals surface area contributed by atoms with Crippen molar-refractivity contribution in [2.45, 2.75) is 51.4 Å². The van der Waals surface area contributed by atoms with Crippen molar-refractivity contribution < 1.29 is 0 Å². The Kier molecular flexibility index (Phi) is 8.13. The molecule has 0 heteroatoms.